The quantitative estimate of drug-likeness (QED) is 0.425. The fourth-order valence-corrected chi connectivity index (χ4v) is 3.51. The van der Waals surface area contributed by atoms with Crippen LogP contribution in [0.1, 0.15) is 6.42 Å². The van der Waals surface area contributed by atoms with Crippen LogP contribution in [0.5, 0.6) is 0 Å². The van der Waals surface area contributed by atoms with E-state index in [4.69, 9.17) is 10.2 Å². The van der Waals surface area contributed by atoms with Crippen LogP contribution in [0, 0.1) is 0 Å². The van der Waals surface area contributed by atoms with Crippen LogP contribution in [0.15, 0.2) is 25.3 Å². The average Bonchev–Trinajstić information content (AvgIpc) is 2.14. The topological polar surface area (TPSA) is 60.7 Å². The van der Waals surface area contributed by atoms with Gasteiger partial charge in [-0.1, -0.05) is 0 Å². The molecule has 0 spiro atoms. The van der Waals surface area contributed by atoms with E-state index in [-0.39, 0.29) is 12.7 Å². The molecule has 0 heterocycles. The summed E-state index contributed by atoms with van der Waals surface area (Å²) in [6.07, 6.45) is 3.94. The van der Waals surface area contributed by atoms with E-state index >= 15 is 0 Å². The summed E-state index contributed by atoms with van der Waals surface area (Å²) < 4.78 is 0. The van der Waals surface area contributed by atoms with Gasteiger partial charge >= 0.3 is 79.0 Å². The molecule has 3 nitrogen and oxygen atoms in total. The zero-order valence-corrected chi connectivity index (χ0v) is 8.82. The van der Waals surface area contributed by atoms with E-state index in [0.717, 1.165) is 0 Å². The number of aliphatic hydroxyl groups excluding tert-OH is 3. The number of rotatable bonds is 7. The molecule has 0 saturated heterocycles. The summed E-state index contributed by atoms with van der Waals surface area (Å²) in [6.45, 7) is 7.08. The Labute approximate surface area is 79.7 Å². The third kappa shape index (κ3) is 3.20. The molecule has 0 radical (unpaired) electrons. The average molecular weight is 206 g/mol. The van der Waals surface area contributed by atoms with Crippen molar-refractivity contribution in [3.8, 4) is 0 Å². The molecular weight excluding hydrogens is 187 g/mol. The van der Waals surface area contributed by atoms with Gasteiger partial charge in [-0.25, -0.2) is 0 Å². The molecule has 0 aromatic heterocycles. The van der Waals surface area contributed by atoms with Crippen molar-refractivity contribution in [1.29, 1.82) is 0 Å². The minimum atomic E-state index is -2.39. The number of allylic oxidation sites excluding steroid dienone is 1. The van der Waals surface area contributed by atoms with Crippen molar-refractivity contribution in [2.24, 2.45) is 0 Å². The van der Waals surface area contributed by atoms with Crippen molar-refractivity contribution in [2.45, 2.75) is 12.3 Å². The van der Waals surface area contributed by atoms with Crippen LogP contribution < -0.4 is 0 Å². The van der Waals surface area contributed by atoms with Crippen LogP contribution in [0.2, 0.25) is 0 Å². The molecular formula is C9H19O3P. The molecule has 0 bridgehead atoms. The van der Waals surface area contributed by atoms with Crippen molar-refractivity contribution < 1.29 is 15.3 Å². The van der Waals surface area contributed by atoms with Crippen molar-refractivity contribution in [1.82, 2.24) is 0 Å². The molecule has 78 valence electrons. The Morgan fingerprint density at radius 3 is 2.00 bits per heavy atom. The molecule has 1 atom stereocenters. The van der Waals surface area contributed by atoms with E-state index in [9.17, 15) is 5.11 Å². The second kappa shape index (κ2) is 6.28. The van der Waals surface area contributed by atoms with E-state index in [2.05, 4.69) is 13.2 Å². The Morgan fingerprint density at radius 1 is 1.15 bits per heavy atom. The summed E-state index contributed by atoms with van der Waals surface area (Å²) in [5, 5.41) is 28.0. The number of hydrogen-bond acceptors (Lipinski definition) is 3. The zero-order valence-electron chi connectivity index (χ0n) is 7.82. The van der Waals surface area contributed by atoms with Gasteiger partial charge in [0.15, 0.2) is 0 Å². The molecule has 0 aliphatic heterocycles. The van der Waals surface area contributed by atoms with E-state index in [1.807, 2.05) is 0 Å². The molecule has 1 unspecified atom stereocenters. The molecule has 0 fully saturated rings. The molecule has 0 saturated carbocycles. The van der Waals surface area contributed by atoms with Gasteiger partial charge in [-0.15, -0.1) is 0 Å². The van der Waals surface area contributed by atoms with Gasteiger partial charge in [-0.2, -0.15) is 0 Å². The van der Waals surface area contributed by atoms with Gasteiger partial charge in [-0.05, 0) is 0 Å². The van der Waals surface area contributed by atoms with Gasteiger partial charge in [-0.3, -0.25) is 0 Å². The number of hydrogen-bond donors (Lipinski definition) is 3. The predicted octanol–water partition coefficient (Wildman–Crippen LogP) is 0.716. The first-order chi connectivity index (χ1) is 6.16. The molecule has 0 rings (SSSR count). The van der Waals surface area contributed by atoms with Gasteiger partial charge in [0.1, 0.15) is 0 Å². The van der Waals surface area contributed by atoms with E-state index in [0.29, 0.717) is 12.6 Å². The van der Waals surface area contributed by atoms with Crippen molar-refractivity contribution in [3.05, 3.63) is 25.3 Å². The second-order valence-corrected chi connectivity index (χ2v) is 7.64. The Morgan fingerprint density at radius 2 is 1.69 bits per heavy atom. The Bertz CT molecular complexity index is 166. The maximum absolute atomic E-state index is 9.71. The molecule has 3 N–H and O–H groups in total. The fourth-order valence-electron chi connectivity index (χ4n) is 1.22. The Hall–Kier alpha value is -0.210. The van der Waals surface area contributed by atoms with Gasteiger partial charge in [0, 0.05) is 0 Å². The van der Waals surface area contributed by atoms with Gasteiger partial charge < -0.3 is 0 Å². The van der Waals surface area contributed by atoms with Gasteiger partial charge in [0.25, 0.3) is 0 Å². The Balaban J connectivity index is 4.51. The van der Waals surface area contributed by atoms with Crippen LogP contribution in [-0.4, -0.2) is 40.0 Å². The summed E-state index contributed by atoms with van der Waals surface area (Å²) in [4.78, 5) is 0. The zero-order chi connectivity index (χ0) is 10.3. The standard InChI is InChI=1S/C9H19O3P/c1-3-5-9(12)13(7-10,8-11)6-4-2/h3-4,9-13H,1-2,5-8H2. The second-order valence-electron chi connectivity index (χ2n) is 3.21. The summed E-state index contributed by atoms with van der Waals surface area (Å²) in [7, 11) is -2.39. The van der Waals surface area contributed by atoms with Gasteiger partial charge in [0.2, 0.25) is 0 Å². The molecule has 0 aromatic carbocycles. The van der Waals surface area contributed by atoms with Crippen LogP contribution in [0.4, 0.5) is 0 Å². The molecule has 4 heteroatoms. The first kappa shape index (κ1) is 12.8. The van der Waals surface area contributed by atoms with Crippen molar-refractivity contribution in [2.75, 3.05) is 18.9 Å². The molecule has 13 heavy (non-hydrogen) atoms. The summed E-state index contributed by atoms with van der Waals surface area (Å²) in [5.41, 5.74) is 0. The van der Waals surface area contributed by atoms with Gasteiger partial charge in [0.05, 0.1) is 0 Å². The maximum atomic E-state index is 9.71. The summed E-state index contributed by atoms with van der Waals surface area (Å²) in [5.74, 6) is -0.641. The van der Waals surface area contributed by atoms with Crippen LogP contribution in [-0.2, 0) is 0 Å². The molecule has 0 aliphatic carbocycles. The third-order valence-corrected chi connectivity index (χ3v) is 6.29. The predicted molar refractivity (Wildman–Crippen MR) is 58.4 cm³/mol. The third-order valence-electron chi connectivity index (χ3n) is 2.28. The molecule has 0 aliphatic rings. The minimum absolute atomic E-state index is 0.121. The van der Waals surface area contributed by atoms with E-state index in [1.54, 1.807) is 12.2 Å². The van der Waals surface area contributed by atoms with Crippen LogP contribution >= 0.6 is 7.26 Å². The molecule has 0 aromatic rings. The van der Waals surface area contributed by atoms with Crippen LogP contribution in [0.3, 0.4) is 0 Å². The first-order valence-corrected chi connectivity index (χ1v) is 6.98. The van der Waals surface area contributed by atoms with Crippen molar-refractivity contribution in [3.63, 3.8) is 0 Å². The SMILES string of the molecule is C=CCC(O)[PH](CO)(CO)CC=C. The van der Waals surface area contributed by atoms with E-state index < -0.39 is 13.1 Å². The Kier molecular flexibility index (Phi) is 6.17. The fraction of sp³-hybridized carbons (Fsp3) is 0.556. The molecule has 0 amide bonds. The van der Waals surface area contributed by atoms with E-state index in [1.165, 1.54) is 0 Å². The number of aliphatic hydroxyl groups is 3. The monoisotopic (exact) mass is 206 g/mol. The van der Waals surface area contributed by atoms with Crippen molar-refractivity contribution >= 4 is 7.26 Å². The normalized spacial score (nSPS) is 15.0. The first-order valence-electron chi connectivity index (χ1n) is 4.28. The van der Waals surface area contributed by atoms with Crippen LogP contribution in [0.25, 0.3) is 0 Å². The summed E-state index contributed by atoms with van der Waals surface area (Å²) >= 11 is 0. The summed E-state index contributed by atoms with van der Waals surface area (Å²) in [6, 6.07) is 0.